The summed E-state index contributed by atoms with van der Waals surface area (Å²) in [5.74, 6) is 0. The third-order valence-electron chi connectivity index (χ3n) is 4.59. The Labute approximate surface area is 189 Å². The molecule has 0 atom stereocenters. The van der Waals surface area contributed by atoms with E-state index in [4.69, 9.17) is 4.98 Å². The molecule has 0 unspecified atom stereocenters. The lowest BCUT2D eigenvalue weighted by Crippen LogP contribution is -3.00. The third kappa shape index (κ3) is 7.51. The van der Waals surface area contributed by atoms with Crippen LogP contribution in [-0.2, 0) is 26.2 Å². The average Bonchev–Trinajstić information content (AvgIpc) is 3.28. The predicted molar refractivity (Wildman–Crippen MR) is 102 cm³/mol. The van der Waals surface area contributed by atoms with E-state index in [1.807, 2.05) is 0 Å². The molecular formula is C21H31Br2N5. The molecule has 0 aliphatic carbocycles. The van der Waals surface area contributed by atoms with Gasteiger partial charge in [-0.25, -0.2) is 23.3 Å². The third-order valence-corrected chi connectivity index (χ3v) is 4.59. The first-order valence-corrected chi connectivity index (χ1v) is 9.81. The molecule has 7 heteroatoms. The molecule has 0 saturated carbocycles. The number of halogens is 2. The van der Waals surface area contributed by atoms with Crippen LogP contribution in [-0.4, -0.2) is 14.1 Å². The second-order valence-electron chi connectivity index (χ2n) is 6.97. The first-order valence-electron chi connectivity index (χ1n) is 9.81. The second kappa shape index (κ2) is 12.9. The Bertz CT molecular complexity index is 749. The fraction of sp³-hybridized carbons (Fsp3) is 0.476. The molecule has 0 fully saturated rings. The van der Waals surface area contributed by atoms with Crippen LogP contribution in [0.15, 0.2) is 55.6 Å². The number of hydrogen-bond donors (Lipinski definition) is 0. The number of rotatable bonds is 10. The summed E-state index contributed by atoms with van der Waals surface area (Å²) >= 11 is 0. The van der Waals surface area contributed by atoms with E-state index in [1.54, 1.807) is 0 Å². The minimum atomic E-state index is 0. The minimum absolute atomic E-state index is 0. The molecule has 3 aromatic rings. The molecular weight excluding hydrogens is 482 g/mol. The largest absolute Gasteiger partial charge is 1.00 e. The fourth-order valence-electron chi connectivity index (χ4n) is 3.09. The van der Waals surface area contributed by atoms with Gasteiger partial charge in [0.15, 0.2) is 0 Å². The van der Waals surface area contributed by atoms with Gasteiger partial charge in [-0.2, -0.15) is 0 Å². The van der Waals surface area contributed by atoms with Gasteiger partial charge in [-0.05, 0) is 25.0 Å². The molecule has 3 rings (SSSR count). The zero-order valence-corrected chi connectivity index (χ0v) is 20.0. The molecule has 0 aliphatic heterocycles. The number of nitrogens with zero attached hydrogens (tertiary/aromatic N) is 5. The van der Waals surface area contributed by atoms with E-state index in [2.05, 4.69) is 87.8 Å². The lowest BCUT2D eigenvalue weighted by atomic mass is 10.3. The van der Waals surface area contributed by atoms with Crippen molar-refractivity contribution in [3.63, 3.8) is 0 Å². The van der Waals surface area contributed by atoms with Crippen LogP contribution < -0.4 is 43.1 Å². The summed E-state index contributed by atoms with van der Waals surface area (Å²) in [6.45, 7) is 8.25. The van der Waals surface area contributed by atoms with Crippen molar-refractivity contribution in [1.82, 2.24) is 14.1 Å². The van der Waals surface area contributed by atoms with Crippen LogP contribution >= 0.6 is 0 Å². The van der Waals surface area contributed by atoms with E-state index in [1.165, 1.54) is 25.7 Å². The Morgan fingerprint density at radius 3 is 1.68 bits per heavy atom. The Morgan fingerprint density at radius 1 is 0.786 bits per heavy atom. The first kappa shape index (κ1) is 24.6. The molecule has 0 amide bonds. The molecule has 154 valence electrons. The lowest BCUT2D eigenvalue weighted by Gasteiger charge is -2.01. The number of hydrogen-bond acceptors (Lipinski definition) is 1. The maximum absolute atomic E-state index is 4.85. The molecule has 0 N–H and O–H groups in total. The number of aryl methyl sites for hydroxylation is 2. The summed E-state index contributed by atoms with van der Waals surface area (Å²) < 4.78 is 8.91. The van der Waals surface area contributed by atoms with Crippen LogP contribution in [0.1, 0.15) is 50.9 Å². The zero-order valence-electron chi connectivity index (χ0n) is 16.8. The molecule has 0 aromatic carbocycles. The summed E-state index contributed by atoms with van der Waals surface area (Å²) in [6, 6.07) is 6.33. The van der Waals surface area contributed by atoms with Crippen molar-refractivity contribution in [2.24, 2.45) is 0 Å². The molecule has 0 bridgehead atoms. The average molecular weight is 513 g/mol. The highest BCUT2D eigenvalue weighted by molar-refractivity contribution is 5.09. The Hall–Kier alpha value is -1.47. The maximum Gasteiger partial charge on any atom is 0.244 e. The van der Waals surface area contributed by atoms with Gasteiger partial charge in [-0.1, -0.05) is 32.8 Å². The van der Waals surface area contributed by atoms with E-state index < -0.39 is 0 Å². The van der Waals surface area contributed by atoms with Gasteiger partial charge in [0.2, 0.25) is 12.7 Å². The second-order valence-corrected chi connectivity index (χ2v) is 6.97. The van der Waals surface area contributed by atoms with E-state index in [9.17, 15) is 0 Å². The molecule has 0 spiro atoms. The van der Waals surface area contributed by atoms with Crippen molar-refractivity contribution in [2.75, 3.05) is 0 Å². The van der Waals surface area contributed by atoms with E-state index in [0.717, 1.165) is 37.6 Å². The smallest absolute Gasteiger partial charge is 0.244 e. The highest BCUT2D eigenvalue weighted by atomic mass is 79.9. The maximum atomic E-state index is 4.85. The van der Waals surface area contributed by atoms with Gasteiger partial charge < -0.3 is 34.0 Å². The molecule has 0 aliphatic rings. The van der Waals surface area contributed by atoms with Gasteiger partial charge >= 0.3 is 0 Å². The molecule has 3 heterocycles. The Morgan fingerprint density at radius 2 is 1.25 bits per heavy atom. The minimum Gasteiger partial charge on any atom is -1.00 e. The van der Waals surface area contributed by atoms with E-state index in [-0.39, 0.29) is 34.0 Å². The highest BCUT2D eigenvalue weighted by Crippen LogP contribution is 2.01. The fourth-order valence-corrected chi connectivity index (χ4v) is 3.09. The molecule has 5 nitrogen and oxygen atoms in total. The normalized spacial score (nSPS) is 10.4. The summed E-state index contributed by atoms with van der Waals surface area (Å²) in [6.07, 6.45) is 17.8. The van der Waals surface area contributed by atoms with Gasteiger partial charge in [-0.15, -0.1) is 0 Å². The van der Waals surface area contributed by atoms with Gasteiger partial charge in [0.25, 0.3) is 0 Å². The highest BCUT2D eigenvalue weighted by Gasteiger charge is 2.09. The molecule has 28 heavy (non-hydrogen) atoms. The molecule has 0 radical (unpaired) electrons. The van der Waals surface area contributed by atoms with E-state index >= 15 is 0 Å². The first-order chi connectivity index (χ1) is 12.8. The number of imidazole rings is 2. The van der Waals surface area contributed by atoms with Crippen LogP contribution in [0.4, 0.5) is 0 Å². The number of aromatic nitrogens is 5. The van der Waals surface area contributed by atoms with Crippen LogP contribution in [0.25, 0.3) is 0 Å². The molecule has 0 saturated heterocycles. The number of unbranched alkanes of at least 4 members (excludes halogenated alkanes) is 2. The van der Waals surface area contributed by atoms with Crippen LogP contribution in [0, 0.1) is 0 Å². The quantitative estimate of drug-likeness (QED) is 0.266. The van der Waals surface area contributed by atoms with Gasteiger partial charge in [0.05, 0.1) is 24.5 Å². The van der Waals surface area contributed by atoms with Crippen LogP contribution in [0.3, 0.4) is 0 Å². The van der Waals surface area contributed by atoms with Crippen molar-refractivity contribution in [3.8, 4) is 0 Å². The summed E-state index contributed by atoms with van der Waals surface area (Å²) in [5.41, 5.74) is 2.21. The summed E-state index contributed by atoms with van der Waals surface area (Å²) in [5, 5.41) is 0. The van der Waals surface area contributed by atoms with Crippen molar-refractivity contribution in [2.45, 2.75) is 65.7 Å². The zero-order chi connectivity index (χ0) is 18.2. The van der Waals surface area contributed by atoms with Gasteiger partial charge in [0, 0.05) is 0 Å². The van der Waals surface area contributed by atoms with Gasteiger partial charge in [0.1, 0.15) is 37.9 Å². The van der Waals surface area contributed by atoms with Crippen molar-refractivity contribution < 1.29 is 43.1 Å². The summed E-state index contributed by atoms with van der Waals surface area (Å²) in [7, 11) is 0. The topological polar surface area (TPSA) is 30.5 Å². The molecule has 3 aromatic heterocycles. The summed E-state index contributed by atoms with van der Waals surface area (Å²) in [4.78, 5) is 4.85. The van der Waals surface area contributed by atoms with Crippen molar-refractivity contribution in [3.05, 3.63) is 67.0 Å². The monoisotopic (exact) mass is 511 g/mol. The number of pyridine rings is 1. The van der Waals surface area contributed by atoms with Crippen LogP contribution in [0.2, 0.25) is 0 Å². The van der Waals surface area contributed by atoms with Crippen molar-refractivity contribution >= 4 is 0 Å². The van der Waals surface area contributed by atoms with Crippen molar-refractivity contribution in [1.29, 1.82) is 0 Å². The standard InChI is InChI=1S/C21H31N5.2BrH/c1-3-5-10-23-12-14-25(18-23)16-20-8-7-9-21(22-20)17-26-15-13-24(19-26)11-6-4-2;;/h7-9,12-15,18-19H,3-6,10-11,16-17H2,1-2H3;2*1H/q+2;;/p-2. The lowest BCUT2D eigenvalue weighted by molar-refractivity contribution is -0.689. The Kier molecular flexibility index (Phi) is 11.3. The van der Waals surface area contributed by atoms with Crippen LogP contribution in [0.5, 0.6) is 0 Å². The predicted octanol–water partition coefficient (Wildman–Crippen LogP) is -3.04. The van der Waals surface area contributed by atoms with E-state index in [0.29, 0.717) is 0 Å². The van der Waals surface area contributed by atoms with Gasteiger partial charge in [-0.3, -0.25) is 0 Å². The Balaban J connectivity index is 0.00000196. The SMILES string of the molecule is CCCCn1cc[n+](Cc2cccc(C[n+]3ccn(CCCC)c3)n2)c1.[Br-].[Br-].